The number of amides is 2. The van der Waals surface area contributed by atoms with Gasteiger partial charge in [-0.1, -0.05) is 18.2 Å². The first-order valence-corrected chi connectivity index (χ1v) is 10.7. The van der Waals surface area contributed by atoms with Crippen LogP contribution in [0.4, 0.5) is 5.95 Å². The summed E-state index contributed by atoms with van der Waals surface area (Å²) >= 11 is 0. The Morgan fingerprint density at radius 1 is 1.12 bits per heavy atom. The van der Waals surface area contributed by atoms with Gasteiger partial charge in [0.1, 0.15) is 5.75 Å². The van der Waals surface area contributed by atoms with Crippen molar-refractivity contribution >= 4 is 17.8 Å². The summed E-state index contributed by atoms with van der Waals surface area (Å²) < 4.78 is 5.26. The maximum Gasteiger partial charge on any atom is 0.254 e. The number of ether oxygens (including phenoxy) is 1. The molecule has 1 atom stereocenters. The average molecular weight is 446 g/mol. The lowest BCUT2D eigenvalue weighted by Crippen LogP contribution is -2.28. The van der Waals surface area contributed by atoms with Gasteiger partial charge in [-0.25, -0.2) is 9.97 Å². The lowest BCUT2D eigenvalue weighted by molar-refractivity contribution is 0.0790. The molecule has 2 aromatic carbocycles. The van der Waals surface area contributed by atoms with Gasteiger partial charge in [0.25, 0.3) is 5.91 Å². The number of carbonyl (C=O) groups excluding carboxylic acids is 2. The molecule has 1 aliphatic heterocycles. The van der Waals surface area contributed by atoms with Crippen molar-refractivity contribution in [2.45, 2.75) is 12.3 Å². The van der Waals surface area contributed by atoms with Gasteiger partial charge in [-0.3, -0.25) is 9.59 Å². The van der Waals surface area contributed by atoms with Crippen LogP contribution >= 0.6 is 0 Å². The fraction of sp³-hybridized carbons (Fsp3) is 0.280. The summed E-state index contributed by atoms with van der Waals surface area (Å²) in [6.45, 7) is 1.17. The molecule has 0 bridgehead atoms. The summed E-state index contributed by atoms with van der Waals surface area (Å²) in [5.41, 5.74) is 9.03. The highest BCUT2D eigenvalue weighted by Gasteiger charge is 2.31. The van der Waals surface area contributed by atoms with Crippen molar-refractivity contribution in [1.82, 2.24) is 14.9 Å². The Morgan fingerprint density at radius 2 is 1.88 bits per heavy atom. The van der Waals surface area contributed by atoms with Crippen LogP contribution in [0, 0.1) is 0 Å². The third-order valence-corrected chi connectivity index (χ3v) is 5.84. The van der Waals surface area contributed by atoms with E-state index in [1.807, 2.05) is 42.1 Å². The van der Waals surface area contributed by atoms with Crippen LogP contribution < -0.4 is 15.4 Å². The number of hydrogen-bond acceptors (Lipinski definition) is 6. The van der Waals surface area contributed by atoms with Gasteiger partial charge < -0.3 is 20.3 Å². The third-order valence-electron chi connectivity index (χ3n) is 5.84. The van der Waals surface area contributed by atoms with E-state index in [2.05, 4.69) is 4.98 Å². The van der Waals surface area contributed by atoms with Gasteiger partial charge in [0, 0.05) is 56.0 Å². The number of carbonyl (C=O) groups is 2. The van der Waals surface area contributed by atoms with Crippen LogP contribution in [-0.2, 0) is 0 Å². The molecule has 0 spiro atoms. The maximum absolute atomic E-state index is 13.1. The molecule has 8 heteroatoms. The van der Waals surface area contributed by atoms with Crippen molar-refractivity contribution in [2.75, 3.05) is 39.2 Å². The van der Waals surface area contributed by atoms with Gasteiger partial charge in [0.05, 0.1) is 12.8 Å². The first-order chi connectivity index (χ1) is 15.9. The normalized spacial score (nSPS) is 15.4. The van der Waals surface area contributed by atoms with E-state index in [1.54, 1.807) is 43.6 Å². The second-order valence-corrected chi connectivity index (χ2v) is 8.28. The zero-order valence-corrected chi connectivity index (χ0v) is 19.0. The number of nitrogens with zero attached hydrogens (tertiary/aromatic N) is 4. The van der Waals surface area contributed by atoms with Gasteiger partial charge in [0.2, 0.25) is 11.9 Å². The predicted octanol–water partition coefficient (Wildman–Crippen LogP) is 2.95. The van der Waals surface area contributed by atoms with Crippen molar-refractivity contribution in [2.24, 2.45) is 5.73 Å². The Hall–Kier alpha value is -3.94. The molecule has 1 aliphatic rings. The summed E-state index contributed by atoms with van der Waals surface area (Å²) in [6.07, 6.45) is 2.56. The minimum absolute atomic E-state index is 0.0319. The van der Waals surface area contributed by atoms with E-state index in [0.29, 0.717) is 35.9 Å². The van der Waals surface area contributed by atoms with Gasteiger partial charge in [-0.15, -0.1) is 0 Å². The molecule has 1 saturated heterocycles. The zero-order valence-electron chi connectivity index (χ0n) is 19.0. The highest BCUT2D eigenvalue weighted by Crippen LogP contribution is 2.35. The molecule has 33 heavy (non-hydrogen) atoms. The Labute approximate surface area is 193 Å². The minimum Gasteiger partial charge on any atom is -0.497 e. The summed E-state index contributed by atoms with van der Waals surface area (Å²) in [6, 6.07) is 14.3. The number of methoxy groups -OCH3 is 1. The number of anilines is 1. The van der Waals surface area contributed by atoms with E-state index in [-0.39, 0.29) is 11.8 Å². The Kier molecular flexibility index (Phi) is 6.26. The smallest absolute Gasteiger partial charge is 0.254 e. The summed E-state index contributed by atoms with van der Waals surface area (Å²) in [4.78, 5) is 37.8. The molecule has 1 fully saturated rings. The first kappa shape index (κ1) is 22.3. The van der Waals surface area contributed by atoms with E-state index < -0.39 is 5.91 Å². The quantitative estimate of drug-likeness (QED) is 0.626. The van der Waals surface area contributed by atoms with Crippen LogP contribution in [0.1, 0.15) is 38.7 Å². The molecular weight excluding hydrogens is 418 g/mol. The predicted molar refractivity (Wildman–Crippen MR) is 127 cm³/mol. The highest BCUT2D eigenvalue weighted by atomic mass is 16.5. The van der Waals surface area contributed by atoms with E-state index in [9.17, 15) is 9.59 Å². The lowest BCUT2D eigenvalue weighted by Gasteiger charge is -2.20. The molecule has 4 rings (SSSR count). The van der Waals surface area contributed by atoms with E-state index in [4.69, 9.17) is 15.5 Å². The molecule has 2 N–H and O–H groups in total. The number of primary amides is 1. The lowest BCUT2D eigenvalue weighted by atomic mass is 9.95. The van der Waals surface area contributed by atoms with Crippen LogP contribution in [0.15, 0.2) is 54.7 Å². The SMILES string of the molecule is COc1cccc(C(=O)N2CCC(c3nc(N(C)C)ncc3-c3cccc(C(N)=O)c3)C2)c1. The molecule has 1 aromatic heterocycles. The molecule has 2 amide bonds. The number of benzene rings is 2. The molecule has 0 saturated carbocycles. The molecule has 0 aliphatic carbocycles. The number of aromatic nitrogens is 2. The third kappa shape index (κ3) is 4.64. The number of hydrogen-bond donors (Lipinski definition) is 1. The van der Waals surface area contributed by atoms with Crippen LogP contribution in [0.2, 0.25) is 0 Å². The van der Waals surface area contributed by atoms with Crippen molar-refractivity contribution < 1.29 is 14.3 Å². The zero-order chi connectivity index (χ0) is 23.5. The standard InChI is InChI=1S/C25H27N5O3/c1-29(2)25-27-14-21(16-6-4-7-17(12-16)23(26)31)22(28-25)19-10-11-30(15-19)24(32)18-8-5-9-20(13-18)33-3/h4-9,12-14,19H,10-11,15H2,1-3H3,(H2,26,31). The fourth-order valence-corrected chi connectivity index (χ4v) is 4.08. The van der Waals surface area contributed by atoms with Crippen LogP contribution in [0.25, 0.3) is 11.1 Å². The molecule has 170 valence electrons. The monoisotopic (exact) mass is 445 g/mol. The maximum atomic E-state index is 13.1. The number of nitrogens with two attached hydrogens (primary N) is 1. The Bertz CT molecular complexity index is 1190. The molecule has 0 radical (unpaired) electrons. The second kappa shape index (κ2) is 9.28. The molecular formula is C25H27N5O3. The summed E-state index contributed by atoms with van der Waals surface area (Å²) in [5, 5.41) is 0. The van der Waals surface area contributed by atoms with Crippen LogP contribution in [-0.4, -0.2) is 61.0 Å². The van der Waals surface area contributed by atoms with Crippen molar-refractivity contribution in [3.63, 3.8) is 0 Å². The fourth-order valence-electron chi connectivity index (χ4n) is 4.08. The number of rotatable bonds is 6. The topological polar surface area (TPSA) is 102 Å². The van der Waals surface area contributed by atoms with E-state index in [1.165, 1.54) is 0 Å². The Morgan fingerprint density at radius 3 is 2.61 bits per heavy atom. The van der Waals surface area contributed by atoms with Gasteiger partial charge in [-0.2, -0.15) is 0 Å². The van der Waals surface area contributed by atoms with E-state index in [0.717, 1.165) is 23.2 Å². The molecule has 2 heterocycles. The van der Waals surface area contributed by atoms with E-state index >= 15 is 0 Å². The highest BCUT2D eigenvalue weighted by molar-refractivity contribution is 5.95. The summed E-state index contributed by atoms with van der Waals surface area (Å²) in [7, 11) is 5.36. The first-order valence-electron chi connectivity index (χ1n) is 10.7. The Balaban J connectivity index is 1.66. The van der Waals surface area contributed by atoms with Crippen molar-refractivity contribution in [3.05, 3.63) is 71.5 Å². The largest absolute Gasteiger partial charge is 0.497 e. The summed E-state index contributed by atoms with van der Waals surface area (Å²) in [5.74, 6) is 0.765. The van der Waals surface area contributed by atoms with Crippen molar-refractivity contribution in [3.8, 4) is 16.9 Å². The molecule has 3 aromatic rings. The van der Waals surface area contributed by atoms with Crippen molar-refractivity contribution in [1.29, 1.82) is 0 Å². The number of likely N-dealkylation sites (tertiary alicyclic amines) is 1. The van der Waals surface area contributed by atoms with Gasteiger partial charge in [0.15, 0.2) is 0 Å². The van der Waals surface area contributed by atoms with Gasteiger partial charge in [-0.05, 0) is 42.3 Å². The van der Waals surface area contributed by atoms with Crippen LogP contribution in [0.3, 0.4) is 0 Å². The molecule has 1 unspecified atom stereocenters. The minimum atomic E-state index is -0.486. The van der Waals surface area contributed by atoms with Crippen LogP contribution in [0.5, 0.6) is 5.75 Å². The molecule has 8 nitrogen and oxygen atoms in total. The second-order valence-electron chi connectivity index (χ2n) is 8.28. The van der Waals surface area contributed by atoms with Gasteiger partial charge >= 0.3 is 0 Å². The average Bonchev–Trinajstić information content (AvgIpc) is 3.33.